The number of esters is 1. The van der Waals surface area contributed by atoms with Gasteiger partial charge in [0.1, 0.15) is 11.5 Å². The van der Waals surface area contributed by atoms with Crippen LogP contribution in [-0.2, 0) is 14.4 Å². The van der Waals surface area contributed by atoms with E-state index in [1.54, 1.807) is 0 Å². The highest BCUT2D eigenvalue weighted by Gasteiger charge is 2.36. The van der Waals surface area contributed by atoms with Crippen molar-refractivity contribution < 1.29 is 14.4 Å². The second-order valence-electron chi connectivity index (χ2n) is 6.01. The molecular weight excluding hydrogens is 280 g/mol. The van der Waals surface area contributed by atoms with Gasteiger partial charge in [0.2, 0.25) is 0 Å². The summed E-state index contributed by atoms with van der Waals surface area (Å²) < 4.78 is 4.67. The molecule has 5 nitrogen and oxygen atoms in total. The van der Waals surface area contributed by atoms with Crippen LogP contribution in [0.2, 0.25) is 0 Å². The zero-order chi connectivity index (χ0) is 16.2. The SMILES string of the molecule is COC(=O)C(C#N)CC1=NOC(C)(C)CC1c1ccccc1. The predicted molar refractivity (Wildman–Crippen MR) is 82.1 cm³/mol. The van der Waals surface area contributed by atoms with Crippen LogP contribution in [0.3, 0.4) is 0 Å². The number of nitrogens with zero attached hydrogens (tertiary/aromatic N) is 2. The topological polar surface area (TPSA) is 71.7 Å². The Hall–Kier alpha value is -2.35. The molecule has 1 aliphatic heterocycles. The maximum Gasteiger partial charge on any atom is 0.323 e. The standard InChI is InChI=1S/C17H20N2O3/c1-17(2)10-14(12-7-5-4-6-8-12)15(19-22-17)9-13(11-18)16(20)21-3/h4-8,13-14H,9-10H2,1-3H3. The molecule has 0 bridgehead atoms. The van der Waals surface area contributed by atoms with Crippen molar-refractivity contribution in [1.29, 1.82) is 5.26 Å². The van der Waals surface area contributed by atoms with Crippen molar-refractivity contribution in [2.45, 2.75) is 38.2 Å². The predicted octanol–water partition coefficient (Wildman–Crippen LogP) is 3.03. The van der Waals surface area contributed by atoms with E-state index in [-0.39, 0.29) is 17.9 Å². The van der Waals surface area contributed by atoms with Crippen molar-refractivity contribution in [2.24, 2.45) is 11.1 Å². The molecule has 0 aliphatic carbocycles. The molecule has 0 spiro atoms. The summed E-state index contributed by atoms with van der Waals surface area (Å²) in [5, 5.41) is 13.4. The minimum atomic E-state index is -0.861. The highest BCUT2D eigenvalue weighted by atomic mass is 16.6. The average molecular weight is 300 g/mol. The van der Waals surface area contributed by atoms with Crippen LogP contribution in [0.1, 0.15) is 38.2 Å². The molecule has 22 heavy (non-hydrogen) atoms. The van der Waals surface area contributed by atoms with E-state index in [4.69, 9.17) is 4.84 Å². The Labute approximate surface area is 130 Å². The minimum absolute atomic E-state index is 0.0328. The molecule has 0 amide bonds. The van der Waals surface area contributed by atoms with Crippen molar-refractivity contribution in [1.82, 2.24) is 0 Å². The fourth-order valence-electron chi connectivity index (χ4n) is 2.60. The monoisotopic (exact) mass is 300 g/mol. The molecule has 1 aromatic rings. The van der Waals surface area contributed by atoms with Crippen molar-refractivity contribution >= 4 is 11.7 Å². The third-order valence-corrected chi connectivity index (χ3v) is 3.76. The minimum Gasteiger partial charge on any atom is -0.468 e. The average Bonchev–Trinajstić information content (AvgIpc) is 2.53. The number of hydrogen-bond donors (Lipinski definition) is 0. The lowest BCUT2D eigenvalue weighted by molar-refractivity contribution is -0.143. The molecule has 1 aliphatic rings. The molecule has 2 unspecified atom stereocenters. The van der Waals surface area contributed by atoms with Crippen molar-refractivity contribution in [3.05, 3.63) is 35.9 Å². The maximum atomic E-state index is 11.6. The number of rotatable bonds is 4. The summed E-state index contributed by atoms with van der Waals surface area (Å²) in [5.74, 6) is -1.37. The Balaban J connectivity index is 2.28. The highest BCUT2D eigenvalue weighted by Crippen LogP contribution is 2.35. The van der Waals surface area contributed by atoms with Gasteiger partial charge in [-0.3, -0.25) is 4.79 Å². The van der Waals surface area contributed by atoms with Gasteiger partial charge >= 0.3 is 5.97 Å². The summed E-state index contributed by atoms with van der Waals surface area (Å²) in [6.45, 7) is 3.95. The third-order valence-electron chi connectivity index (χ3n) is 3.76. The van der Waals surface area contributed by atoms with E-state index in [0.717, 1.165) is 12.0 Å². The molecule has 2 atom stereocenters. The number of carbonyl (C=O) groups is 1. The number of benzene rings is 1. The van der Waals surface area contributed by atoms with Crippen LogP contribution < -0.4 is 0 Å². The molecule has 0 saturated carbocycles. The number of carbonyl (C=O) groups excluding carboxylic acids is 1. The van der Waals surface area contributed by atoms with Crippen LogP contribution in [0.5, 0.6) is 0 Å². The number of oxime groups is 1. The molecular formula is C17H20N2O3. The van der Waals surface area contributed by atoms with E-state index in [9.17, 15) is 10.1 Å². The molecule has 116 valence electrons. The summed E-state index contributed by atoms with van der Waals surface area (Å²) in [6.07, 6.45) is 0.966. The van der Waals surface area contributed by atoms with Gasteiger partial charge in [-0.2, -0.15) is 5.26 Å². The number of ether oxygens (including phenoxy) is 1. The van der Waals surface area contributed by atoms with Gasteiger partial charge in [-0.25, -0.2) is 0 Å². The van der Waals surface area contributed by atoms with Gasteiger partial charge in [0, 0.05) is 18.8 Å². The van der Waals surface area contributed by atoms with Gasteiger partial charge in [-0.1, -0.05) is 35.5 Å². The van der Waals surface area contributed by atoms with Crippen molar-refractivity contribution in [3.8, 4) is 6.07 Å². The molecule has 0 aromatic heterocycles. The molecule has 5 heteroatoms. The smallest absolute Gasteiger partial charge is 0.323 e. The van der Waals surface area contributed by atoms with Crippen molar-refractivity contribution in [3.63, 3.8) is 0 Å². The Morgan fingerprint density at radius 1 is 1.50 bits per heavy atom. The molecule has 1 heterocycles. The van der Waals surface area contributed by atoms with Gasteiger partial charge < -0.3 is 9.57 Å². The lowest BCUT2D eigenvalue weighted by Gasteiger charge is -2.34. The van der Waals surface area contributed by atoms with Crippen LogP contribution in [0.25, 0.3) is 0 Å². The highest BCUT2D eigenvalue weighted by molar-refractivity contribution is 5.94. The van der Waals surface area contributed by atoms with Crippen molar-refractivity contribution in [2.75, 3.05) is 7.11 Å². The summed E-state index contributed by atoms with van der Waals surface area (Å²) in [4.78, 5) is 17.2. The van der Waals surface area contributed by atoms with E-state index in [2.05, 4.69) is 9.89 Å². The lowest BCUT2D eigenvalue weighted by Crippen LogP contribution is -2.35. The molecule has 1 aromatic carbocycles. The Morgan fingerprint density at radius 3 is 2.77 bits per heavy atom. The van der Waals surface area contributed by atoms with Crippen LogP contribution in [0, 0.1) is 17.2 Å². The van der Waals surface area contributed by atoms with Crippen LogP contribution in [-0.4, -0.2) is 24.4 Å². The van der Waals surface area contributed by atoms with Gasteiger partial charge in [0.15, 0.2) is 0 Å². The van der Waals surface area contributed by atoms with E-state index in [1.807, 2.05) is 50.2 Å². The Bertz CT molecular complexity index is 602. The van der Waals surface area contributed by atoms with Crippen LogP contribution in [0.4, 0.5) is 0 Å². The first kappa shape index (κ1) is 16.0. The molecule has 0 saturated heterocycles. The summed E-state index contributed by atoms with van der Waals surface area (Å²) in [6, 6.07) is 11.9. The lowest BCUT2D eigenvalue weighted by atomic mass is 9.81. The second kappa shape index (κ2) is 6.61. The quantitative estimate of drug-likeness (QED) is 0.801. The van der Waals surface area contributed by atoms with E-state index < -0.39 is 11.9 Å². The normalized spacial score (nSPS) is 21.0. The van der Waals surface area contributed by atoms with E-state index in [1.165, 1.54) is 7.11 Å². The second-order valence-corrected chi connectivity index (χ2v) is 6.01. The molecule has 0 radical (unpaired) electrons. The van der Waals surface area contributed by atoms with E-state index in [0.29, 0.717) is 5.71 Å². The maximum absolute atomic E-state index is 11.6. The zero-order valence-corrected chi connectivity index (χ0v) is 13.1. The largest absolute Gasteiger partial charge is 0.468 e. The summed E-state index contributed by atoms with van der Waals surface area (Å²) >= 11 is 0. The molecule has 0 fully saturated rings. The first-order valence-corrected chi connectivity index (χ1v) is 7.24. The first-order valence-electron chi connectivity index (χ1n) is 7.24. The molecule has 2 rings (SSSR count). The summed E-state index contributed by atoms with van der Waals surface area (Å²) in [7, 11) is 1.28. The van der Waals surface area contributed by atoms with E-state index >= 15 is 0 Å². The number of hydrogen-bond acceptors (Lipinski definition) is 5. The van der Waals surface area contributed by atoms with Gasteiger partial charge in [0.05, 0.1) is 18.9 Å². The first-order chi connectivity index (χ1) is 10.5. The van der Waals surface area contributed by atoms with Gasteiger partial charge in [0.25, 0.3) is 0 Å². The number of methoxy groups -OCH3 is 1. The zero-order valence-electron chi connectivity index (χ0n) is 13.1. The number of nitriles is 1. The summed E-state index contributed by atoms with van der Waals surface area (Å²) in [5.41, 5.74) is 1.44. The Morgan fingerprint density at radius 2 is 2.18 bits per heavy atom. The van der Waals surface area contributed by atoms with Gasteiger partial charge in [-0.15, -0.1) is 0 Å². The molecule has 0 N–H and O–H groups in total. The third kappa shape index (κ3) is 3.64. The fraction of sp³-hybridized carbons (Fsp3) is 0.471. The van der Waals surface area contributed by atoms with Crippen LogP contribution in [0.15, 0.2) is 35.5 Å². The van der Waals surface area contributed by atoms with Crippen LogP contribution >= 0.6 is 0 Å². The fourth-order valence-corrected chi connectivity index (χ4v) is 2.60. The Kier molecular flexibility index (Phi) is 4.81. The van der Waals surface area contributed by atoms with Gasteiger partial charge in [-0.05, 0) is 19.4 Å².